The Morgan fingerprint density at radius 2 is 2.15 bits per heavy atom. The van der Waals surface area contributed by atoms with Gasteiger partial charge in [-0.25, -0.2) is 8.42 Å². The van der Waals surface area contributed by atoms with Crippen molar-refractivity contribution in [2.45, 2.75) is 19.4 Å². The number of rotatable bonds is 2. The van der Waals surface area contributed by atoms with Gasteiger partial charge in [-0.05, 0) is 24.6 Å². The van der Waals surface area contributed by atoms with Gasteiger partial charge >= 0.3 is 0 Å². The average molecular weight is 298 g/mol. The first-order chi connectivity index (χ1) is 9.32. The monoisotopic (exact) mass is 298 g/mol. The van der Waals surface area contributed by atoms with Crippen LogP contribution in [0.4, 0.5) is 5.69 Å². The lowest BCUT2D eigenvalue weighted by atomic mass is 10.2. The highest BCUT2D eigenvalue weighted by Crippen LogP contribution is 2.34. The summed E-state index contributed by atoms with van der Waals surface area (Å²) in [6.07, 6.45) is 0.771. The van der Waals surface area contributed by atoms with E-state index in [1.807, 2.05) is 13.0 Å². The number of hydrogen-bond donors (Lipinski definition) is 1. The molecule has 20 heavy (non-hydrogen) atoms. The Labute approximate surface area is 118 Å². The SMILES string of the molecule is CNC(=O)[C@@H]1CCN(S(C)(=O)=O)c2cc(C)ccc2O1. The molecular formula is C13H18N2O4S. The van der Waals surface area contributed by atoms with E-state index in [9.17, 15) is 13.2 Å². The molecule has 1 heterocycles. The molecule has 0 saturated heterocycles. The second kappa shape index (κ2) is 5.32. The van der Waals surface area contributed by atoms with E-state index < -0.39 is 16.1 Å². The first-order valence-corrected chi connectivity index (χ1v) is 8.14. The van der Waals surface area contributed by atoms with Crippen molar-refractivity contribution in [2.24, 2.45) is 0 Å². The fourth-order valence-electron chi connectivity index (χ4n) is 2.18. The largest absolute Gasteiger partial charge is 0.478 e. The van der Waals surface area contributed by atoms with Gasteiger partial charge in [0.1, 0.15) is 5.75 Å². The molecule has 0 aromatic heterocycles. The molecule has 110 valence electrons. The summed E-state index contributed by atoms with van der Waals surface area (Å²) in [5.74, 6) is 0.152. The lowest BCUT2D eigenvalue weighted by Crippen LogP contribution is -2.38. The van der Waals surface area contributed by atoms with Gasteiger partial charge < -0.3 is 10.1 Å². The molecule has 0 spiro atoms. The molecule has 2 rings (SSSR count). The number of carbonyl (C=O) groups is 1. The number of benzene rings is 1. The number of amides is 1. The van der Waals surface area contributed by atoms with Crippen LogP contribution in [-0.2, 0) is 14.8 Å². The Bertz CT molecular complexity index is 627. The van der Waals surface area contributed by atoms with Crippen LogP contribution in [0.5, 0.6) is 5.75 Å². The summed E-state index contributed by atoms with van der Waals surface area (Å²) in [5.41, 5.74) is 1.42. The molecule has 1 aromatic carbocycles. The van der Waals surface area contributed by atoms with Gasteiger partial charge in [-0.3, -0.25) is 9.10 Å². The minimum atomic E-state index is -3.41. The number of aryl methyl sites for hydroxylation is 1. The number of ether oxygens (including phenoxy) is 1. The zero-order valence-corrected chi connectivity index (χ0v) is 12.5. The molecule has 1 aliphatic rings. The van der Waals surface area contributed by atoms with E-state index in [4.69, 9.17) is 4.74 Å². The third kappa shape index (κ3) is 2.87. The number of nitrogens with zero attached hydrogens (tertiary/aromatic N) is 1. The Balaban J connectivity index is 2.48. The number of sulfonamides is 1. The highest BCUT2D eigenvalue weighted by molar-refractivity contribution is 7.92. The van der Waals surface area contributed by atoms with Crippen molar-refractivity contribution >= 4 is 21.6 Å². The van der Waals surface area contributed by atoms with Crippen LogP contribution in [0.15, 0.2) is 18.2 Å². The highest BCUT2D eigenvalue weighted by atomic mass is 32.2. The molecule has 1 aromatic rings. The molecule has 0 unspecified atom stereocenters. The first kappa shape index (κ1) is 14.6. The van der Waals surface area contributed by atoms with Crippen molar-refractivity contribution in [1.29, 1.82) is 0 Å². The maximum atomic E-state index is 11.9. The van der Waals surface area contributed by atoms with E-state index in [1.165, 1.54) is 11.4 Å². The maximum Gasteiger partial charge on any atom is 0.260 e. The maximum absolute atomic E-state index is 11.9. The van der Waals surface area contributed by atoms with E-state index in [2.05, 4.69) is 5.32 Å². The summed E-state index contributed by atoms with van der Waals surface area (Å²) in [4.78, 5) is 11.7. The number of anilines is 1. The van der Waals surface area contributed by atoms with Crippen molar-refractivity contribution < 1.29 is 17.9 Å². The van der Waals surface area contributed by atoms with Gasteiger partial charge in [0.15, 0.2) is 6.10 Å². The fraction of sp³-hybridized carbons (Fsp3) is 0.462. The summed E-state index contributed by atoms with van der Waals surface area (Å²) in [7, 11) is -1.88. The molecule has 0 fully saturated rings. The minimum absolute atomic E-state index is 0.216. The topological polar surface area (TPSA) is 75.7 Å². The van der Waals surface area contributed by atoms with Crippen molar-refractivity contribution in [3.05, 3.63) is 23.8 Å². The standard InChI is InChI=1S/C13H18N2O4S/c1-9-4-5-11-10(8-9)15(20(3,17)18)7-6-12(19-11)13(16)14-2/h4-5,8,12H,6-7H2,1-3H3,(H,14,16)/t12-/m0/s1. The van der Waals surface area contributed by atoms with Gasteiger partial charge in [0.05, 0.1) is 11.9 Å². The molecule has 1 N–H and O–H groups in total. The highest BCUT2D eigenvalue weighted by Gasteiger charge is 2.30. The molecule has 0 saturated carbocycles. The van der Waals surface area contributed by atoms with Crippen LogP contribution in [-0.4, -0.2) is 40.3 Å². The summed E-state index contributed by atoms with van der Waals surface area (Å²) in [6.45, 7) is 2.09. The molecule has 1 amide bonds. The van der Waals surface area contributed by atoms with Crippen LogP contribution >= 0.6 is 0 Å². The zero-order chi connectivity index (χ0) is 14.9. The first-order valence-electron chi connectivity index (χ1n) is 6.29. The number of hydrogen-bond acceptors (Lipinski definition) is 4. The van der Waals surface area contributed by atoms with Gasteiger partial charge in [0, 0.05) is 20.0 Å². The second-order valence-electron chi connectivity index (χ2n) is 4.82. The number of nitrogens with one attached hydrogen (secondary N) is 1. The lowest BCUT2D eigenvalue weighted by molar-refractivity contribution is -0.127. The Morgan fingerprint density at radius 3 is 2.75 bits per heavy atom. The van der Waals surface area contributed by atoms with Crippen LogP contribution in [0.2, 0.25) is 0 Å². The average Bonchev–Trinajstić information content (AvgIpc) is 2.56. The van der Waals surface area contributed by atoms with Gasteiger partial charge in [-0.1, -0.05) is 6.07 Å². The summed E-state index contributed by atoms with van der Waals surface area (Å²) in [5, 5.41) is 2.53. The third-order valence-corrected chi connectivity index (χ3v) is 4.37. The number of likely N-dealkylation sites (N-methyl/N-ethyl adjacent to an activating group) is 1. The van der Waals surface area contributed by atoms with Crippen molar-refractivity contribution in [1.82, 2.24) is 5.32 Å². The van der Waals surface area contributed by atoms with Crippen molar-refractivity contribution in [2.75, 3.05) is 24.2 Å². The van der Waals surface area contributed by atoms with Crippen molar-refractivity contribution in [3.8, 4) is 5.75 Å². The molecule has 0 radical (unpaired) electrons. The van der Waals surface area contributed by atoms with Crippen LogP contribution in [0, 0.1) is 6.92 Å². The number of carbonyl (C=O) groups excluding carboxylic acids is 1. The Morgan fingerprint density at radius 1 is 1.45 bits per heavy atom. The molecule has 1 atom stereocenters. The molecule has 6 nitrogen and oxygen atoms in total. The fourth-order valence-corrected chi connectivity index (χ4v) is 3.12. The molecule has 0 aliphatic carbocycles. The van der Waals surface area contributed by atoms with E-state index in [1.54, 1.807) is 12.1 Å². The predicted molar refractivity (Wildman–Crippen MR) is 76.5 cm³/mol. The zero-order valence-electron chi connectivity index (χ0n) is 11.7. The molecular weight excluding hydrogens is 280 g/mol. The lowest BCUT2D eigenvalue weighted by Gasteiger charge is -2.21. The van der Waals surface area contributed by atoms with Crippen molar-refractivity contribution in [3.63, 3.8) is 0 Å². The second-order valence-corrected chi connectivity index (χ2v) is 6.72. The Kier molecular flexibility index (Phi) is 3.89. The summed E-state index contributed by atoms with van der Waals surface area (Å²) in [6, 6.07) is 5.28. The van der Waals surface area contributed by atoms with Crippen LogP contribution in [0.3, 0.4) is 0 Å². The van der Waals surface area contributed by atoms with Gasteiger partial charge in [0.2, 0.25) is 10.0 Å². The van der Waals surface area contributed by atoms with Crippen LogP contribution in [0.1, 0.15) is 12.0 Å². The van der Waals surface area contributed by atoms with E-state index >= 15 is 0 Å². The normalized spacial score (nSPS) is 18.8. The molecule has 0 bridgehead atoms. The number of fused-ring (bicyclic) bond motifs is 1. The third-order valence-electron chi connectivity index (χ3n) is 3.19. The van der Waals surface area contributed by atoms with Gasteiger partial charge in [-0.15, -0.1) is 0 Å². The quantitative estimate of drug-likeness (QED) is 0.870. The predicted octanol–water partition coefficient (Wildman–Crippen LogP) is 0.658. The molecule has 7 heteroatoms. The molecule has 1 aliphatic heterocycles. The smallest absolute Gasteiger partial charge is 0.260 e. The summed E-state index contributed by atoms with van der Waals surface area (Å²) >= 11 is 0. The Hall–Kier alpha value is -1.76. The minimum Gasteiger partial charge on any atom is -0.478 e. The van der Waals surface area contributed by atoms with Crippen LogP contribution < -0.4 is 14.4 Å². The van der Waals surface area contributed by atoms with E-state index in [0.29, 0.717) is 17.9 Å². The van der Waals surface area contributed by atoms with Gasteiger partial charge in [-0.2, -0.15) is 0 Å². The van der Waals surface area contributed by atoms with E-state index in [-0.39, 0.29) is 12.5 Å². The van der Waals surface area contributed by atoms with Gasteiger partial charge in [0.25, 0.3) is 5.91 Å². The van der Waals surface area contributed by atoms with E-state index in [0.717, 1.165) is 11.8 Å². The summed E-state index contributed by atoms with van der Waals surface area (Å²) < 4.78 is 30.8. The van der Waals surface area contributed by atoms with Crippen LogP contribution in [0.25, 0.3) is 0 Å².